The number of carbonyl (C=O) groups is 1. The molecule has 11 heavy (non-hydrogen) atoms. The van der Waals surface area contributed by atoms with E-state index in [1.807, 2.05) is 0 Å². The summed E-state index contributed by atoms with van der Waals surface area (Å²) in [6.45, 7) is 3.88. The Labute approximate surface area is 68.6 Å². The van der Waals surface area contributed by atoms with E-state index in [1.165, 1.54) is 12.8 Å². The Balaban J connectivity index is 2.55. The first-order chi connectivity index (χ1) is 5.16. The minimum Gasteiger partial charge on any atom is -0.298 e. The summed E-state index contributed by atoms with van der Waals surface area (Å²) in [5.41, 5.74) is 0. The van der Waals surface area contributed by atoms with E-state index in [4.69, 9.17) is 0 Å². The van der Waals surface area contributed by atoms with Crippen LogP contribution in [0.2, 0.25) is 0 Å². The Morgan fingerprint density at radius 2 is 2.18 bits per heavy atom. The van der Waals surface area contributed by atoms with Gasteiger partial charge in [-0.3, -0.25) is 9.69 Å². The standard InChI is InChI=1S/C9H17NO/c1-4-8-5-6-9(7(2)11)10(8)3/h8-9H,4-6H2,1-3H3/t8-,9-/m0/s1. The van der Waals surface area contributed by atoms with Crippen molar-refractivity contribution in [3.63, 3.8) is 0 Å². The van der Waals surface area contributed by atoms with Gasteiger partial charge in [0.05, 0.1) is 6.04 Å². The van der Waals surface area contributed by atoms with Crippen molar-refractivity contribution >= 4 is 5.78 Å². The van der Waals surface area contributed by atoms with Crippen LogP contribution in [-0.4, -0.2) is 29.8 Å². The first kappa shape index (κ1) is 8.72. The van der Waals surface area contributed by atoms with Crippen LogP contribution in [0.3, 0.4) is 0 Å². The van der Waals surface area contributed by atoms with Crippen molar-refractivity contribution in [1.82, 2.24) is 4.90 Å². The molecular weight excluding hydrogens is 138 g/mol. The number of hydrogen-bond donors (Lipinski definition) is 0. The van der Waals surface area contributed by atoms with Crippen molar-refractivity contribution < 1.29 is 4.79 Å². The van der Waals surface area contributed by atoms with Crippen LogP contribution in [0.4, 0.5) is 0 Å². The number of rotatable bonds is 2. The molecule has 0 radical (unpaired) electrons. The zero-order chi connectivity index (χ0) is 8.43. The lowest BCUT2D eigenvalue weighted by molar-refractivity contribution is -0.121. The van der Waals surface area contributed by atoms with E-state index in [0.29, 0.717) is 11.8 Å². The molecule has 0 bridgehead atoms. The summed E-state index contributed by atoms with van der Waals surface area (Å²) in [7, 11) is 2.06. The summed E-state index contributed by atoms with van der Waals surface area (Å²) in [6.07, 6.45) is 3.42. The number of hydrogen-bond acceptors (Lipinski definition) is 2. The van der Waals surface area contributed by atoms with Crippen molar-refractivity contribution in [2.75, 3.05) is 7.05 Å². The molecule has 0 aromatic carbocycles. The van der Waals surface area contributed by atoms with Crippen LogP contribution in [-0.2, 0) is 4.79 Å². The normalized spacial score (nSPS) is 32.6. The Morgan fingerprint density at radius 3 is 2.45 bits per heavy atom. The van der Waals surface area contributed by atoms with Crippen molar-refractivity contribution in [1.29, 1.82) is 0 Å². The lowest BCUT2D eigenvalue weighted by Gasteiger charge is -2.22. The fraction of sp³-hybridized carbons (Fsp3) is 0.889. The van der Waals surface area contributed by atoms with Gasteiger partial charge in [-0.05, 0) is 33.2 Å². The molecular formula is C9H17NO. The molecule has 0 amide bonds. The van der Waals surface area contributed by atoms with Gasteiger partial charge in [-0.15, -0.1) is 0 Å². The van der Waals surface area contributed by atoms with Gasteiger partial charge in [0, 0.05) is 6.04 Å². The van der Waals surface area contributed by atoms with Gasteiger partial charge < -0.3 is 0 Å². The predicted octanol–water partition coefficient (Wildman–Crippen LogP) is 1.45. The van der Waals surface area contributed by atoms with E-state index in [9.17, 15) is 4.79 Å². The Kier molecular flexibility index (Phi) is 2.66. The SMILES string of the molecule is CC[C@H]1CC[C@@H](C(C)=O)N1C. The molecule has 1 heterocycles. The van der Waals surface area contributed by atoms with E-state index >= 15 is 0 Å². The van der Waals surface area contributed by atoms with Crippen molar-refractivity contribution in [3.05, 3.63) is 0 Å². The monoisotopic (exact) mass is 155 g/mol. The highest BCUT2D eigenvalue weighted by molar-refractivity contribution is 5.81. The number of likely N-dealkylation sites (N-methyl/N-ethyl adjacent to an activating group) is 1. The molecule has 1 rings (SSSR count). The van der Waals surface area contributed by atoms with Gasteiger partial charge in [-0.25, -0.2) is 0 Å². The lowest BCUT2D eigenvalue weighted by Crippen LogP contribution is -2.36. The van der Waals surface area contributed by atoms with Crippen LogP contribution >= 0.6 is 0 Å². The third-order valence-electron chi connectivity index (χ3n) is 2.78. The van der Waals surface area contributed by atoms with E-state index in [-0.39, 0.29) is 6.04 Å². The van der Waals surface area contributed by atoms with Crippen LogP contribution in [0.5, 0.6) is 0 Å². The zero-order valence-corrected chi connectivity index (χ0v) is 7.63. The third kappa shape index (κ3) is 1.62. The van der Waals surface area contributed by atoms with E-state index in [0.717, 1.165) is 6.42 Å². The molecule has 64 valence electrons. The summed E-state index contributed by atoms with van der Waals surface area (Å²) < 4.78 is 0. The number of Topliss-reactive ketones (excluding diaryl/α,β-unsaturated/α-hetero) is 1. The molecule has 0 saturated carbocycles. The molecule has 1 aliphatic rings. The molecule has 0 unspecified atom stereocenters. The summed E-state index contributed by atoms with van der Waals surface area (Å²) in [6, 6.07) is 0.851. The van der Waals surface area contributed by atoms with Gasteiger partial charge in [0.2, 0.25) is 0 Å². The fourth-order valence-corrected chi connectivity index (χ4v) is 1.99. The fourth-order valence-electron chi connectivity index (χ4n) is 1.99. The highest BCUT2D eigenvalue weighted by Gasteiger charge is 2.31. The Hall–Kier alpha value is -0.370. The van der Waals surface area contributed by atoms with Gasteiger partial charge >= 0.3 is 0 Å². The number of carbonyl (C=O) groups excluding carboxylic acids is 1. The van der Waals surface area contributed by atoms with Crippen LogP contribution in [0.25, 0.3) is 0 Å². The van der Waals surface area contributed by atoms with Gasteiger partial charge in [-0.1, -0.05) is 6.92 Å². The molecule has 0 aliphatic carbocycles. The number of likely N-dealkylation sites (tertiary alicyclic amines) is 1. The van der Waals surface area contributed by atoms with Crippen molar-refractivity contribution in [2.45, 2.75) is 45.2 Å². The van der Waals surface area contributed by atoms with E-state index < -0.39 is 0 Å². The second kappa shape index (κ2) is 3.35. The summed E-state index contributed by atoms with van der Waals surface area (Å²) in [5, 5.41) is 0. The van der Waals surface area contributed by atoms with Gasteiger partial charge in [0.15, 0.2) is 0 Å². The highest BCUT2D eigenvalue weighted by atomic mass is 16.1. The molecule has 0 aromatic heterocycles. The van der Waals surface area contributed by atoms with Gasteiger partial charge in [0.1, 0.15) is 5.78 Å². The van der Waals surface area contributed by atoms with Crippen molar-refractivity contribution in [3.8, 4) is 0 Å². The topological polar surface area (TPSA) is 20.3 Å². The number of nitrogens with zero attached hydrogens (tertiary/aromatic N) is 1. The minimum atomic E-state index is 0.208. The quantitative estimate of drug-likeness (QED) is 0.601. The molecule has 2 heteroatoms. The first-order valence-electron chi connectivity index (χ1n) is 4.39. The highest BCUT2D eigenvalue weighted by Crippen LogP contribution is 2.24. The maximum Gasteiger partial charge on any atom is 0.146 e. The summed E-state index contributed by atoms with van der Waals surface area (Å²) in [4.78, 5) is 13.3. The van der Waals surface area contributed by atoms with Crippen LogP contribution in [0, 0.1) is 0 Å². The predicted molar refractivity (Wildman–Crippen MR) is 45.5 cm³/mol. The smallest absolute Gasteiger partial charge is 0.146 e. The maximum absolute atomic E-state index is 11.1. The van der Waals surface area contributed by atoms with Crippen molar-refractivity contribution in [2.24, 2.45) is 0 Å². The molecule has 2 nitrogen and oxygen atoms in total. The van der Waals surface area contributed by atoms with Crippen LogP contribution < -0.4 is 0 Å². The Bertz CT molecular complexity index is 156. The van der Waals surface area contributed by atoms with Crippen LogP contribution in [0.15, 0.2) is 0 Å². The van der Waals surface area contributed by atoms with Crippen LogP contribution in [0.1, 0.15) is 33.1 Å². The largest absolute Gasteiger partial charge is 0.298 e. The molecule has 1 fully saturated rings. The lowest BCUT2D eigenvalue weighted by atomic mass is 10.1. The second-order valence-electron chi connectivity index (χ2n) is 3.43. The minimum absolute atomic E-state index is 0.208. The van der Waals surface area contributed by atoms with E-state index in [2.05, 4.69) is 18.9 Å². The molecule has 0 aromatic rings. The average molecular weight is 155 g/mol. The third-order valence-corrected chi connectivity index (χ3v) is 2.78. The van der Waals surface area contributed by atoms with Gasteiger partial charge in [-0.2, -0.15) is 0 Å². The summed E-state index contributed by atoms with van der Waals surface area (Å²) >= 11 is 0. The maximum atomic E-state index is 11.1. The molecule has 0 N–H and O–H groups in total. The molecule has 1 saturated heterocycles. The molecule has 1 aliphatic heterocycles. The number of ketones is 1. The van der Waals surface area contributed by atoms with Gasteiger partial charge in [0.25, 0.3) is 0 Å². The summed E-state index contributed by atoms with van der Waals surface area (Å²) in [5.74, 6) is 0.323. The second-order valence-corrected chi connectivity index (χ2v) is 3.43. The molecule has 0 spiro atoms. The van der Waals surface area contributed by atoms with E-state index in [1.54, 1.807) is 6.92 Å². The average Bonchev–Trinajstić information content (AvgIpc) is 2.30. The molecule has 2 atom stereocenters. The zero-order valence-electron chi connectivity index (χ0n) is 7.63. The Morgan fingerprint density at radius 1 is 1.55 bits per heavy atom. The first-order valence-corrected chi connectivity index (χ1v) is 4.39.